The van der Waals surface area contributed by atoms with Crippen molar-refractivity contribution in [1.29, 1.82) is 0 Å². The summed E-state index contributed by atoms with van der Waals surface area (Å²) in [6.07, 6.45) is 1.07. The van der Waals surface area contributed by atoms with Crippen molar-refractivity contribution < 1.29 is 14.4 Å². The molecule has 1 aromatic rings. The molecule has 0 aliphatic carbocycles. The highest BCUT2D eigenvalue weighted by Crippen LogP contribution is 2.17. The van der Waals surface area contributed by atoms with Crippen LogP contribution in [0, 0.1) is 12.7 Å². The Morgan fingerprint density at radius 1 is 1.39 bits per heavy atom. The molecule has 18 heavy (non-hydrogen) atoms. The highest BCUT2D eigenvalue weighted by Gasteiger charge is 2.23. The number of likely N-dealkylation sites (tertiary alicyclic amines) is 1. The third kappa shape index (κ3) is 2.34. The molecule has 1 aliphatic rings. The van der Waals surface area contributed by atoms with Crippen molar-refractivity contribution in [2.24, 2.45) is 5.16 Å². The van der Waals surface area contributed by atoms with E-state index in [0.29, 0.717) is 37.2 Å². The fraction of sp³-hybridized carbons (Fsp3) is 0.385. The maximum absolute atomic E-state index is 13.8. The van der Waals surface area contributed by atoms with Gasteiger partial charge in [0.1, 0.15) is 5.82 Å². The van der Waals surface area contributed by atoms with E-state index in [1.54, 1.807) is 24.0 Å². The quantitative estimate of drug-likeness (QED) is 0.613. The van der Waals surface area contributed by atoms with E-state index in [2.05, 4.69) is 5.16 Å². The highest BCUT2D eigenvalue weighted by molar-refractivity contribution is 5.96. The average Bonchev–Trinajstić information content (AvgIpc) is 2.41. The third-order valence-electron chi connectivity index (χ3n) is 3.19. The topological polar surface area (TPSA) is 52.9 Å². The molecule has 1 heterocycles. The Hall–Kier alpha value is -1.91. The number of benzene rings is 1. The average molecular weight is 250 g/mol. The largest absolute Gasteiger partial charge is 0.411 e. The van der Waals surface area contributed by atoms with Crippen molar-refractivity contribution in [1.82, 2.24) is 4.90 Å². The van der Waals surface area contributed by atoms with Crippen LogP contribution in [0.1, 0.15) is 28.8 Å². The summed E-state index contributed by atoms with van der Waals surface area (Å²) in [5.41, 5.74) is 1.26. The van der Waals surface area contributed by atoms with Gasteiger partial charge in [-0.2, -0.15) is 0 Å². The Kier molecular flexibility index (Phi) is 3.60. The molecule has 1 aromatic carbocycles. The van der Waals surface area contributed by atoms with E-state index in [0.717, 1.165) is 0 Å². The summed E-state index contributed by atoms with van der Waals surface area (Å²) in [5, 5.41) is 11.8. The minimum atomic E-state index is -0.455. The van der Waals surface area contributed by atoms with Gasteiger partial charge in [0.2, 0.25) is 0 Å². The van der Waals surface area contributed by atoms with Crippen LogP contribution in [0.3, 0.4) is 0 Å². The number of piperidine rings is 1. The number of hydrogen-bond donors (Lipinski definition) is 1. The van der Waals surface area contributed by atoms with Gasteiger partial charge in [-0.05, 0) is 18.6 Å². The SMILES string of the molecule is Cc1cccc(C(=O)N2CCC(=NO)CC2)c1F. The molecule has 1 aliphatic heterocycles. The summed E-state index contributed by atoms with van der Waals surface area (Å²) in [6, 6.07) is 4.81. The molecule has 0 saturated carbocycles. The molecule has 96 valence electrons. The van der Waals surface area contributed by atoms with Gasteiger partial charge in [0, 0.05) is 25.9 Å². The van der Waals surface area contributed by atoms with Crippen LogP contribution in [-0.4, -0.2) is 34.8 Å². The normalized spacial score (nSPS) is 15.7. The number of hydrogen-bond acceptors (Lipinski definition) is 3. The first kappa shape index (κ1) is 12.5. The number of carbonyl (C=O) groups excluding carboxylic acids is 1. The van der Waals surface area contributed by atoms with Gasteiger partial charge in [0.15, 0.2) is 0 Å². The van der Waals surface area contributed by atoms with Gasteiger partial charge in [0.25, 0.3) is 5.91 Å². The van der Waals surface area contributed by atoms with Crippen LogP contribution in [0.25, 0.3) is 0 Å². The number of carbonyl (C=O) groups is 1. The first-order valence-corrected chi connectivity index (χ1v) is 5.87. The molecule has 1 N–H and O–H groups in total. The van der Waals surface area contributed by atoms with Crippen molar-refractivity contribution in [3.8, 4) is 0 Å². The Labute approximate surface area is 105 Å². The molecule has 4 nitrogen and oxygen atoms in total. The summed E-state index contributed by atoms with van der Waals surface area (Å²) in [7, 11) is 0. The van der Waals surface area contributed by atoms with Gasteiger partial charge >= 0.3 is 0 Å². The minimum absolute atomic E-state index is 0.111. The molecular formula is C13H15FN2O2. The van der Waals surface area contributed by atoms with Crippen LogP contribution in [0.4, 0.5) is 4.39 Å². The summed E-state index contributed by atoms with van der Waals surface area (Å²) in [6.45, 7) is 2.57. The van der Waals surface area contributed by atoms with E-state index >= 15 is 0 Å². The summed E-state index contributed by atoms with van der Waals surface area (Å²) < 4.78 is 13.8. The second-order valence-electron chi connectivity index (χ2n) is 4.39. The van der Waals surface area contributed by atoms with Gasteiger partial charge in [-0.3, -0.25) is 4.79 Å². The predicted molar refractivity (Wildman–Crippen MR) is 65.5 cm³/mol. The van der Waals surface area contributed by atoms with Crippen LogP contribution in [0.5, 0.6) is 0 Å². The zero-order valence-corrected chi connectivity index (χ0v) is 10.2. The molecule has 5 heteroatoms. The van der Waals surface area contributed by atoms with E-state index < -0.39 is 5.82 Å². The molecule has 1 amide bonds. The standard InChI is InChI=1S/C13H15FN2O2/c1-9-3-2-4-11(12(9)14)13(17)16-7-5-10(15-18)6-8-16/h2-4,18H,5-8H2,1H3. The molecule has 0 aromatic heterocycles. The number of amides is 1. The Morgan fingerprint density at radius 2 is 2.06 bits per heavy atom. The summed E-state index contributed by atoms with van der Waals surface area (Å²) in [4.78, 5) is 13.7. The number of aryl methyl sites for hydroxylation is 1. The number of nitrogens with zero attached hydrogens (tertiary/aromatic N) is 2. The van der Waals surface area contributed by atoms with E-state index in [1.165, 1.54) is 6.07 Å². The lowest BCUT2D eigenvalue weighted by molar-refractivity contribution is 0.0749. The number of rotatable bonds is 1. The van der Waals surface area contributed by atoms with Crippen molar-refractivity contribution in [2.45, 2.75) is 19.8 Å². The molecule has 0 unspecified atom stereocenters. The summed E-state index contributed by atoms with van der Waals surface area (Å²) >= 11 is 0. The van der Waals surface area contributed by atoms with Crippen molar-refractivity contribution in [3.05, 3.63) is 35.1 Å². The minimum Gasteiger partial charge on any atom is -0.411 e. The molecule has 0 bridgehead atoms. The first-order chi connectivity index (χ1) is 8.63. The lowest BCUT2D eigenvalue weighted by atomic mass is 10.1. The first-order valence-electron chi connectivity index (χ1n) is 5.87. The molecule has 0 radical (unpaired) electrons. The van der Waals surface area contributed by atoms with E-state index in [4.69, 9.17) is 5.21 Å². The molecule has 1 saturated heterocycles. The zero-order valence-electron chi connectivity index (χ0n) is 10.2. The van der Waals surface area contributed by atoms with Gasteiger partial charge in [-0.1, -0.05) is 17.3 Å². The Bertz CT molecular complexity index is 490. The van der Waals surface area contributed by atoms with Crippen LogP contribution in [0.2, 0.25) is 0 Å². The molecular weight excluding hydrogens is 235 g/mol. The smallest absolute Gasteiger partial charge is 0.256 e. The molecule has 2 rings (SSSR count). The van der Waals surface area contributed by atoms with E-state index in [9.17, 15) is 9.18 Å². The maximum Gasteiger partial charge on any atom is 0.256 e. The van der Waals surface area contributed by atoms with Crippen LogP contribution < -0.4 is 0 Å². The number of halogens is 1. The fourth-order valence-corrected chi connectivity index (χ4v) is 2.05. The van der Waals surface area contributed by atoms with Crippen molar-refractivity contribution in [3.63, 3.8) is 0 Å². The monoisotopic (exact) mass is 250 g/mol. The maximum atomic E-state index is 13.8. The Morgan fingerprint density at radius 3 is 2.67 bits per heavy atom. The van der Waals surface area contributed by atoms with Gasteiger partial charge in [-0.25, -0.2) is 4.39 Å². The third-order valence-corrected chi connectivity index (χ3v) is 3.19. The molecule has 0 atom stereocenters. The predicted octanol–water partition coefficient (Wildman–Crippen LogP) is 2.20. The molecule has 1 fully saturated rings. The highest BCUT2D eigenvalue weighted by atomic mass is 19.1. The number of oxime groups is 1. The molecule has 0 spiro atoms. The second-order valence-corrected chi connectivity index (χ2v) is 4.39. The van der Waals surface area contributed by atoms with Crippen molar-refractivity contribution >= 4 is 11.6 Å². The van der Waals surface area contributed by atoms with Gasteiger partial charge < -0.3 is 10.1 Å². The van der Waals surface area contributed by atoms with Gasteiger partial charge in [-0.15, -0.1) is 0 Å². The van der Waals surface area contributed by atoms with E-state index in [-0.39, 0.29) is 11.5 Å². The lowest BCUT2D eigenvalue weighted by Gasteiger charge is -2.27. The van der Waals surface area contributed by atoms with E-state index in [1.807, 2.05) is 0 Å². The van der Waals surface area contributed by atoms with Crippen LogP contribution in [0.15, 0.2) is 23.4 Å². The lowest BCUT2D eigenvalue weighted by Crippen LogP contribution is -2.39. The van der Waals surface area contributed by atoms with Crippen molar-refractivity contribution in [2.75, 3.05) is 13.1 Å². The zero-order chi connectivity index (χ0) is 13.1. The fourth-order valence-electron chi connectivity index (χ4n) is 2.05. The summed E-state index contributed by atoms with van der Waals surface area (Å²) in [5.74, 6) is -0.752. The second kappa shape index (κ2) is 5.16. The van der Waals surface area contributed by atoms with Crippen LogP contribution >= 0.6 is 0 Å². The van der Waals surface area contributed by atoms with Gasteiger partial charge in [0.05, 0.1) is 11.3 Å². The Balaban J connectivity index is 2.15. The van der Waals surface area contributed by atoms with Crippen LogP contribution in [-0.2, 0) is 0 Å².